The molecule has 0 saturated carbocycles. The van der Waals surface area contributed by atoms with E-state index in [1.807, 2.05) is 32.2 Å². The number of ether oxygens (including phenoxy) is 1. The number of halogens is 1. The molecule has 0 aliphatic heterocycles. The Balaban J connectivity index is 2.31. The molecule has 3 nitrogen and oxygen atoms in total. The molecule has 0 fully saturated rings. The highest BCUT2D eigenvalue weighted by molar-refractivity contribution is 7.16. The highest BCUT2D eigenvalue weighted by Crippen LogP contribution is 2.34. The minimum absolute atomic E-state index is 0.0875. The van der Waals surface area contributed by atoms with Crippen LogP contribution < -0.4 is 15.4 Å². The number of anilines is 1. The molecule has 1 heterocycles. The van der Waals surface area contributed by atoms with Crippen molar-refractivity contribution in [3.05, 3.63) is 45.1 Å². The molecular formula is C15H19ClN2OS. The molecule has 0 aliphatic rings. The number of rotatable bonds is 5. The third-order valence-corrected chi connectivity index (χ3v) is 4.37. The van der Waals surface area contributed by atoms with Gasteiger partial charge in [0.2, 0.25) is 0 Å². The van der Waals surface area contributed by atoms with Crippen LogP contribution >= 0.6 is 22.9 Å². The quantitative estimate of drug-likeness (QED) is 0.905. The van der Waals surface area contributed by atoms with Gasteiger partial charge in [-0.1, -0.05) is 17.7 Å². The Hall–Kier alpha value is -1.23. The fraction of sp³-hybridized carbons (Fsp3) is 0.333. The molecule has 2 aromatic rings. The Bertz CT molecular complexity index is 583. The van der Waals surface area contributed by atoms with Gasteiger partial charge in [-0.3, -0.25) is 0 Å². The second-order valence-corrected chi connectivity index (χ2v) is 6.54. The van der Waals surface area contributed by atoms with E-state index < -0.39 is 0 Å². The van der Waals surface area contributed by atoms with Gasteiger partial charge in [0.15, 0.2) is 0 Å². The van der Waals surface area contributed by atoms with Gasteiger partial charge in [0.05, 0.1) is 18.0 Å². The molecular weight excluding hydrogens is 292 g/mol. The monoisotopic (exact) mass is 310 g/mol. The van der Waals surface area contributed by atoms with Gasteiger partial charge in [0.25, 0.3) is 0 Å². The summed E-state index contributed by atoms with van der Waals surface area (Å²) in [6, 6.07) is 9.88. The lowest BCUT2D eigenvalue weighted by atomic mass is 10.0. The molecule has 5 heteroatoms. The van der Waals surface area contributed by atoms with E-state index in [1.165, 1.54) is 4.88 Å². The van der Waals surface area contributed by atoms with E-state index in [4.69, 9.17) is 22.1 Å². The highest BCUT2D eigenvalue weighted by atomic mass is 35.5. The van der Waals surface area contributed by atoms with Crippen LogP contribution in [0.3, 0.4) is 0 Å². The molecule has 1 aromatic carbocycles. The molecule has 0 saturated heterocycles. The zero-order valence-electron chi connectivity index (χ0n) is 11.9. The summed E-state index contributed by atoms with van der Waals surface area (Å²) >= 11 is 7.58. The van der Waals surface area contributed by atoms with Gasteiger partial charge in [-0.05, 0) is 31.2 Å². The maximum Gasteiger partial charge on any atom is 0.125 e. The van der Waals surface area contributed by atoms with Crippen molar-refractivity contribution >= 4 is 28.6 Å². The van der Waals surface area contributed by atoms with Crippen LogP contribution in [0.25, 0.3) is 0 Å². The summed E-state index contributed by atoms with van der Waals surface area (Å²) in [5.41, 5.74) is 8.22. The summed E-state index contributed by atoms with van der Waals surface area (Å²) in [5, 5.41) is 0. The number of nitrogens with zero attached hydrogens (tertiary/aromatic N) is 1. The van der Waals surface area contributed by atoms with Gasteiger partial charge in [0.1, 0.15) is 5.75 Å². The van der Waals surface area contributed by atoms with Crippen molar-refractivity contribution in [3.63, 3.8) is 0 Å². The van der Waals surface area contributed by atoms with Gasteiger partial charge < -0.3 is 15.4 Å². The first-order valence-corrected chi connectivity index (χ1v) is 7.60. The predicted molar refractivity (Wildman–Crippen MR) is 87.0 cm³/mol. The molecule has 0 aliphatic carbocycles. The van der Waals surface area contributed by atoms with E-state index in [0.717, 1.165) is 27.9 Å². The van der Waals surface area contributed by atoms with Crippen molar-refractivity contribution in [3.8, 4) is 5.75 Å². The lowest BCUT2D eigenvalue weighted by molar-refractivity contribution is 0.407. The molecule has 0 unspecified atom stereocenters. The Kier molecular flexibility index (Phi) is 4.91. The van der Waals surface area contributed by atoms with Gasteiger partial charge >= 0.3 is 0 Å². The average Bonchev–Trinajstić information content (AvgIpc) is 2.82. The molecule has 0 amide bonds. The topological polar surface area (TPSA) is 38.5 Å². The van der Waals surface area contributed by atoms with Gasteiger partial charge in [-0.15, -0.1) is 11.3 Å². The molecule has 1 aromatic heterocycles. The van der Waals surface area contributed by atoms with Crippen molar-refractivity contribution in [2.24, 2.45) is 5.73 Å². The van der Waals surface area contributed by atoms with Crippen LogP contribution in [0.2, 0.25) is 4.34 Å². The first kappa shape index (κ1) is 15.2. The lowest BCUT2D eigenvalue weighted by Crippen LogP contribution is -2.20. The Morgan fingerprint density at radius 2 is 2.10 bits per heavy atom. The smallest absolute Gasteiger partial charge is 0.125 e. The van der Waals surface area contributed by atoms with Crippen LogP contribution in [0.15, 0.2) is 30.3 Å². The number of hydrogen-bond donors (Lipinski definition) is 1. The number of methoxy groups -OCH3 is 1. The van der Waals surface area contributed by atoms with Crippen molar-refractivity contribution in [1.29, 1.82) is 0 Å². The maximum absolute atomic E-state index is 6.10. The minimum atomic E-state index is -0.0875. The van der Waals surface area contributed by atoms with Crippen LogP contribution in [0.4, 0.5) is 5.69 Å². The third-order valence-electron chi connectivity index (χ3n) is 3.15. The van der Waals surface area contributed by atoms with E-state index in [2.05, 4.69) is 17.0 Å². The molecule has 0 spiro atoms. The standard InChI is InChI=1S/C15H19ClN2OS/c1-10(17)15-12(5-4-6-13(15)19-3)18(2)9-11-7-8-14(16)20-11/h4-8,10H,9,17H2,1-3H3/t10-/m1/s1. The zero-order valence-corrected chi connectivity index (χ0v) is 13.5. The highest BCUT2D eigenvalue weighted by Gasteiger charge is 2.16. The molecule has 0 bridgehead atoms. The van der Waals surface area contributed by atoms with E-state index in [1.54, 1.807) is 18.4 Å². The fourth-order valence-electron chi connectivity index (χ4n) is 2.26. The summed E-state index contributed by atoms with van der Waals surface area (Å²) in [6.07, 6.45) is 0. The van der Waals surface area contributed by atoms with E-state index in [-0.39, 0.29) is 6.04 Å². The van der Waals surface area contributed by atoms with E-state index >= 15 is 0 Å². The SMILES string of the molecule is COc1cccc(N(C)Cc2ccc(Cl)s2)c1[C@@H](C)N. The molecule has 1 atom stereocenters. The lowest BCUT2D eigenvalue weighted by Gasteiger charge is -2.25. The number of benzene rings is 1. The largest absolute Gasteiger partial charge is 0.496 e. The summed E-state index contributed by atoms with van der Waals surface area (Å²) in [6.45, 7) is 2.77. The molecule has 2 N–H and O–H groups in total. The predicted octanol–water partition coefficient (Wildman–Crippen LogP) is 4.07. The normalized spacial score (nSPS) is 12.2. The van der Waals surface area contributed by atoms with Crippen molar-refractivity contribution < 1.29 is 4.74 Å². The Morgan fingerprint density at radius 3 is 2.65 bits per heavy atom. The van der Waals surface area contributed by atoms with E-state index in [0.29, 0.717) is 0 Å². The molecule has 108 valence electrons. The van der Waals surface area contributed by atoms with Crippen molar-refractivity contribution in [2.45, 2.75) is 19.5 Å². The molecule has 20 heavy (non-hydrogen) atoms. The summed E-state index contributed by atoms with van der Waals surface area (Å²) in [4.78, 5) is 3.39. The van der Waals surface area contributed by atoms with Gasteiger partial charge in [-0.2, -0.15) is 0 Å². The first-order valence-electron chi connectivity index (χ1n) is 6.40. The van der Waals surface area contributed by atoms with E-state index in [9.17, 15) is 0 Å². The van der Waals surface area contributed by atoms with Crippen LogP contribution in [-0.2, 0) is 6.54 Å². The van der Waals surface area contributed by atoms with Crippen LogP contribution in [0.1, 0.15) is 23.4 Å². The Morgan fingerprint density at radius 1 is 1.35 bits per heavy atom. The Labute approximate surface area is 128 Å². The van der Waals surface area contributed by atoms with Gasteiger partial charge in [-0.25, -0.2) is 0 Å². The molecule has 0 radical (unpaired) electrons. The van der Waals surface area contributed by atoms with Crippen molar-refractivity contribution in [1.82, 2.24) is 0 Å². The van der Waals surface area contributed by atoms with Gasteiger partial charge in [0, 0.05) is 29.2 Å². The number of hydrogen-bond acceptors (Lipinski definition) is 4. The second-order valence-electron chi connectivity index (χ2n) is 4.74. The van der Waals surface area contributed by atoms with Crippen LogP contribution in [-0.4, -0.2) is 14.2 Å². The number of thiophene rings is 1. The van der Waals surface area contributed by atoms with Crippen LogP contribution in [0, 0.1) is 0 Å². The second kappa shape index (κ2) is 6.48. The zero-order chi connectivity index (χ0) is 14.7. The summed E-state index contributed by atoms with van der Waals surface area (Å²) in [5.74, 6) is 0.827. The maximum atomic E-state index is 6.10. The first-order chi connectivity index (χ1) is 9.52. The summed E-state index contributed by atoms with van der Waals surface area (Å²) < 4.78 is 6.24. The van der Waals surface area contributed by atoms with Crippen LogP contribution in [0.5, 0.6) is 5.75 Å². The van der Waals surface area contributed by atoms with Crippen molar-refractivity contribution in [2.75, 3.05) is 19.1 Å². The average molecular weight is 311 g/mol. The third kappa shape index (κ3) is 3.26. The molecule has 2 rings (SSSR count). The summed E-state index contributed by atoms with van der Waals surface area (Å²) in [7, 11) is 3.72. The number of nitrogens with two attached hydrogens (primary N) is 1. The minimum Gasteiger partial charge on any atom is -0.496 e. The fourth-order valence-corrected chi connectivity index (χ4v) is 3.40.